The molecule has 0 saturated heterocycles. The largest absolute Gasteiger partial charge is 0.493 e. The van der Waals surface area contributed by atoms with Crippen LogP contribution < -0.4 is 14.2 Å². The van der Waals surface area contributed by atoms with Gasteiger partial charge in [-0.05, 0) is 35.4 Å². The second-order valence-corrected chi connectivity index (χ2v) is 5.77. The Morgan fingerprint density at radius 1 is 0.792 bits per heavy atom. The zero-order chi connectivity index (χ0) is 16.9. The molecule has 0 fully saturated rings. The van der Waals surface area contributed by atoms with Crippen molar-refractivity contribution in [1.82, 2.24) is 0 Å². The molecule has 24 heavy (non-hydrogen) atoms. The SMILES string of the molecule is COCOc1ccc(C(C)(C)c2ccc(OC)c(OC)c2)cc1.[W]. The molecule has 0 bridgehead atoms. The van der Waals surface area contributed by atoms with Crippen LogP contribution in [0.2, 0.25) is 0 Å². The molecule has 0 saturated carbocycles. The predicted octanol–water partition coefficient (Wildman–Crippen LogP) is 4.01. The van der Waals surface area contributed by atoms with Crippen LogP contribution >= 0.6 is 0 Å². The summed E-state index contributed by atoms with van der Waals surface area (Å²) >= 11 is 0. The first-order chi connectivity index (χ1) is 11.0. The molecule has 0 unspecified atom stereocenters. The maximum atomic E-state index is 5.44. The summed E-state index contributed by atoms with van der Waals surface area (Å²) in [6, 6.07) is 14.1. The fourth-order valence-corrected chi connectivity index (χ4v) is 2.49. The molecular formula is C19H24O4W. The van der Waals surface area contributed by atoms with Crippen molar-refractivity contribution in [3.05, 3.63) is 53.6 Å². The third kappa shape index (κ3) is 4.52. The smallest absolute Gasteiger partial charge is 0.188 e. The summed E-state index contributed by atoms with van der Waals surface area (Å²) in [7, 11) is 4.90. The average Bonchev–Trinajstić information content (AvgIpc) is 2.59. The van der Waals surface area contributed by atoms with Crippen molar-refractivity contribution in [2.75, 3.05) is 28.1 Å². The average molecular weight is 500 g/mol. The second-order valence-electron chi connectivity index (χ2n) is 5.77. The van der Waals surface area contributed by atoms with Crippen LogP contribution in [0.15, 0.2) is 42.5 Å². The van der Waals surface area contributed by atoms with Crippen molar-refractivity contribution in [3.8, 4) is 17.2 Å². The summed E-state index contributed by atoms with van der Waals surface area (Å²) in [5, 5.41) is 0. The molecule has 0 aliphatic heterocycles. The fraction of sp³-hybridized carbons (Fsp3) is 0.368. The van der Waals surface area contributed by atoms with Crippen LogP contribution in [0.1, 0.15) is 25.0 Å². The molecule has 0 aliphatic carbocycles. The minimum atomic E-state index is -0.167. The van der Waals surface area contributed by atoms with E-state index in [1.807, 2.05) is 24.3 Å². The molecule has 0 aliphatic rings. The van der Waals surface area contributed by atoms with E-state index in [2.05, 4.69) is 32.0 Å². The fourth-order valence-electron chi connectivity index (χ4n) is 2.49. The van der Waals surface area contributed by atoms with Gasteiger partial charge in [-0.25, -0.2) is 0 Å². The van der Waals surface area contributed by atoms with Gasteiger partial charge in [0.1, 0.15) is 5.75 Å². The number of benzene rings is 2. The number of methoxy groups -OCH3 is 3. The molecule has 0 atom stereocenters. The van der Waals surface area contributed by atoms with Crippen LogP contribution in [0.3, 0.4) is 0 Å². The van der Waals surface area contributed by atoms with E-state index >= 15 is 0 Å². The third-order valence-electron chi connectivity index (χ3n) is 4.02. The summed E-state index contributed by atoms with van der Waals surface area (Å²) in [4.78, 5) is 0. The van der Waals surface area contributed by atoms with Gasteiger partial charge in [-0.15, -0.1) is 0 Å². The zero-order valence-corrected chi connectivity index (χ0v) is 17.7. The van der Waals surface area contributed by atoms with Gasteiger partial charge in [0.15, 0.2) is 18.3 Å². The summed E-state index contributed by atoms with van der Waals surface area (Å²) < 4.78 is 21.1. The van der Waals surface area contributed by atoms with Crippen LogP contribution in [0.4, 0.5) is 0 Å². The topological polar surface area (TPSA) is 36.9 Å². The Morgan fingerprint density at radius 2 is 1.38 bits per heavy atom. The number of hydrogen-bond donors (Lipinski definition) is 0. The Morgan fingerprint density at radius 3 is 1.92 bits per heavy atom. The van der Waals surface area contributed by atoms with Gasteiger partial charge in [0.25, 0.3) is 0 Å². The first kappa shape index (κ1) is 20.5. The van der Waals surface area contributed by atoms with E-state index in [1.165, 1.54) is 5.56 Å². The molecule has 0 N–H and O–H groups in total. The molecule has 0 spiro atoms. The van der Waals surface area contributed by atoms with Crippen LogP contribution in [-0.2, 0) is 31.2 Å². The Kier molecular flexibility index (Phi) is 7.78. The van der Waals surface area contributed by atoms with Crippen LogP contribution in [0.5, 0.6) is 17.2 Å². The van der Waals surface area contributed by atoms with Crippen molar-refractivity contribution >= 4 is 0 Å². The normalized spacial score (nSPS) is 10.7. The monoisotopic (exact) mass is 500 g/mol. The molecule has 0 amide bonds. The molecule has 2 aromatic rings. The van der Waals surface area contributed by atoms with Crippen molar-refractivity contribution < 1.29 is 40.0 Å². The first-order valence-corrected chi connectivity index (χ1v) is 7.47. The van der Waals surface area contributed by atoms with Gasteiger partial charge in [-0.3, -0.25) is 0 Å². The Balaban J connectivity index is 0.00000288. The van der Waals surface area contributed by atoms with E-state index in [-0.39, 0.29) is 33.3 Å². The first-order valence-electron chi connectivity index (χ1n) is 7.47. The number of hydrogen-bond acceptors (Lipinski definition) is 4. The summed E-state index contributed by atoms with van der Waals surface area (Å²) in [6.45, 7) is 4.61. The van der Waals surface area contributed by atoms with Crippen LogP contribution in [0.25, 0.3) is 0 Å². The quantitative estimate of drug-likeness (QED) is 0.539. The van der Waals surface area contributed by atoms with Crippen molar-refractivity contribution in [2.45, 2.75) is 19.3 Å². The van der Waals surface area contributed by atoms with Crippen LogP contribution in [-0.4, -0.2) is 28.1 Å². The maximum Gasteiger partial charge on any atom is 0.188 e. The molecule has 130 valence electrons. The summed E-state index contributed by atoms with van der Waals surface area (Å²) in [5.74, 6) is 2.26. The summed E-state index contributed by atoms with van der Waals surface area (Å²) in [6.07, 6.45) is 0. The summed E-state index contributed by atoms with van der Waals surface area (Å²) in [5.41, 5.74) is 2.18. The molecule has 5 heteroatoms. The minimum Gasteiger partial charge on any atom is -0.493 e. The van der Waals surface area contributed by atoms with E-state index in [1.54, 1.807) is 21.3 Å². The Labute approximate surface area is 158 Å². The van der Waals surface area contributed by atoms with Gasteiger partial charge in [0.05, 0.1) is 14.2 Å². The molecule has 0 aromatic heterocycles. The van der Waals surface area contributed by atoms with E-state index in [0.29, 0.717) is 0 Å². The van der Waals surface area contributed by atoms with Gasteiger partial charge in [-0.2, -0.15) is 0 Å². The van der Waals surface area contributed by atoms with Gasteiger partial charge in [0, 0.05) is 33.6 Å². The third-order valence-corrected chi connectivity index (χ3v) is 4.02. The molecule has 0 radical (unpaired) electrons. The van der Waals surface area contributed by atoms with Crippen molar-refractivity contribution in [3.63, 3.8) is 0 Å². The molecule has 2 rings (SSSR count). The molecule has 2 aromatic carbocycles. The molecule has 0 heterocycles. The van der Waals surface area contributed by atoms with Gasteiger partial charge in [-0.1, -0.05) is 32.0 Å². The van der Waals surface area contributed by atoms with Crippen molar-refractivity contribution in [1.29, 1.82) is 0 Å². The molecule has 4 nitrogen and oxygen atoms in total. The van der Waals surface area contributed by atoms with E-state index in [0.717, 1.165) is 22.8 Å². The number of ether oxygens (including phenoxy) is 4. The Hall–Kier alpha value is -1.51. The Bertz CT molecular complexity index is 638. The minimum absolute atomic E-state index is 0. The van der Waals surface area contributed by atoms with Gasteiger partial charge >= 0.3 is 0 Å². The van der Waals surface area contributed by atoms with Crippen LogP contribution in [0, 0.1) is 0 Å². The van der Waals surface area contributed by atoms with E-state index < -0.39 is 0 Å². The van der Waals surface area contributed by atoms with Crippen molar-refractivity contribution in [2.24, 2.45) is 0 Å². The van der Waals surface area contributed by atoms with E-state index in [4.69, 9.17) is 18.9 Å². The second kappa shape index (κ2) is 9.10. The number of rotatable bonds is 7. The predicted molar refractivity (Wildman–Crippen MR) is 90.6 cm³/mol. The maximum absolute atomic E-state index is 5.44. The van der Waals surface area contributed by atoms with Gasteiger partial charge < -0.3 is 18.9 Å². The van der Waals surface area contributed by atoms with Gasteiger partial charge in [0.2, 0.25) is 0 Å². The standard InChI is InChI=1S/C19H24O4.W/c1-19(2,14-6-9-16(10-7-14)23-13-20-3)15-8-11-17(21-4)18(12-15)22-5;/h6-12H,13H2,1-5H3;. The van der Waals surface area contributed by atoms with E-state index in [9.17, 15) is 0 Å². The molecular weight excluding hydrogens is 476 g/mol. The zero-order valence-electron chi connectivity index (χ0n) is 14.8.